The smallest absolute Gasteiger partial charge is 0.245 e. The maximum atomic E-state index is 11.0. The van der Waals surface area contributed by atoms with Gasteiger partial charge in [0.15, 0.2) is 8.38 Å². The van der Waals surface area contributed by atoms with Gasteiger partial charge in [-0.3, -0.25) is 4.79 Å². The maximum Gasteiger partial charge on any atom is 0.245 e. The first-order chi connectivity index (χ1) is 9.45. The SMILES string of the molecule is CC.[B]C1OC(/C=C/P(O)O)C(O)C1OCC(=O)NC. The molecule has 2 radical (unpaired) electrons. The van der Waals surface area contributed by atoms with Gasteiger partial charge in [0.2, 0.25) is 5.91 Å². The highest BCUT2D eigenvalue weighted by atomic mass is 31.2. The van der Waals surface area contributed by atoms with E-state index < -0.39 is 32.7 Å². The molecule has 1 aliphatic heterocycles. The Morgan fingerprint density at radius 1 is 1.50 bits per heavy atom. The summed E-state index contributed by atoms with van der Waals surface area (Å²) in [5.41, 5.74) is 0. The van der Waals surface area contributed by atoms with Crippen LogP contribution in [0.5, 0.6) is 0 Å². The molecule has 1 aliphatic rings. The minimum absolute atomic E-state index is 0.238. The quantitative estimate of drug-likeness (QED) is 0.391. The first-order valence-electron chi connectivity index (χ1n) is 6.22. The van der Waals surface area contributed by atoms with Crippen LogP contribution in [0.3, 0.4) is 0 Å². The van der Waals surface area contributed by atoms with Crippen LogP contribution in [0.1, 0.15) is 13.8 Å². The second kappa shape index (κ2) is 10.3. The van der Waals surface area contributed by atoms with Gasteiger partial charge in [-0.25, -0.2) is 0 Å². The minimum atomic E-state index is -2.20. The van der Waals surface area contributed by atoms with Gasteiger partial charge in [0, 0.05) is 13.1 Å². The molecular weight excluding hydrogens is 284 g/mol. The number of aliphatic hydroxyl groups excluding tert-OH is 1. The number of hydrogen-bond donors (Lipinski definition) is 4. The number of ether oxygens (including phenoxy) is 2. The third-order valence-electron chi connectivity index (χ3n) is 2.41. The summed E-state index contributed by atoms with van der Waals surface area (Å²) in [5, 5.41) is 12.2. The van der Waals surface area contributed by atoms with Crippen molar-refractivity contribution in [3.05, 3.63) is 11.9 Å². The van der Waals surface area contributed by atoms with Gasteiger partial charge in [-0.05, 0) is 11.9 Å². The number of likely N-dealkylation sites (N-methyl/N-ethyl adjacent to an activating group) is 1. The van der Waals surface area contributed by atoms with Crippen LogP contribution < -0.4 is 5.32 Å². The van der Waals surface area contributed by atoms with Crippen molar-refractivity contribution in [3.63, 3.8) is 0 Å². The van der Waals surface area contributed by atoms with Crippen molar-refractivity contribution in [3.8, 4) is 0 Å². The Kier molecular flexibility index (Phi) is 10.0. The van der Waals surface area contributed by atoms with Gasteiger partial charge in [0.05, 0.1) is 0 Å². The van der Waals surface area contributed by atoms with Crippen molar-refractivity contribution in [1.29, 1.82) is 0 Å². The maximum absolute atomic E-state index is 11.0. The second-order valence-corrected chi connectivity index (χ2v) is 4.61. The highest BCUT2D eigenvalue weighted by Crippen LogP contribution is 2.28. The Bertz CT molecular complexity index is 317. The second-order valence-electron chi connectivity index (χ2n) is 3.67. The number of carbonyl (C=O) groups excluding carboxylic acids is 1. The fourth-order valence-electron chi connectivity index (χ4n) is 1.48. The van der Waals surface area contributed by atoms with E-state index in [1.807, 2.05) is 13.8 Å². The van der Waals surface area contributed by atoms with E-state index in [0.29, 0.717) is 0 Å². The van der Waals surface area contributed by atoms with Crippen LogP contribution in [0.25, 0.3) is 0 Å². The summed E-state index contributed by atoms with van der Waals surface area (Å²) >= 11 is 0. The summed E-state index contributed by atoms with van der Waals surface area (Å²) in [4.78, 5) is 28.4. The average Bonchev–Trinajstić information content (AvgIpc) is 2.71. The molecule has 0 aromatic heterocycles. The average molecular weight is 305 g/mol. The highest BCUT2D eigenvalue weighted by molar-refractivity contribution is 7.48. The Morgan fingerprint density at radius 2 is 2.10 bits per heavy atom. The molecule has 1 amide bonds. The number of hydrogen-bond acceptors (Lipinski definition) is 6. The first-order valence-corrected chi connectivity index (χ1v) is 7.54. The summed E-state index contributed by atoms with van der Waals surface area (Å²) in [7, 11) is 4.86. The van der Waals surface area contributed by atoms with E-state index >= 15 is 0 Å². The molecule has 1 rings (SSSR count). The number of aliphatic hydroxyl groups is 1. The summed E-state index contributed by atoms with van der Waals surface area (Å²) in [6, 6.07) is -0.886. The standard InChI is InChI=1S/C9H15BNO6P.C2H6/c1-11-6(12)4-16-8-7(13)5(17-9(8)10)2-3-18(14)15;1-2/h2-3,5,7-9,13-15H,4H2,1H3,(H,11,12);1-2H3/b3-2+;. The zero-order valence-electron chi connectivity index (χ0n) is 11.8. The number of amides is 1. The van der Waals surface area contributed by atoms with E-state index in [1.165, 1.54) is 13.1 Å². The molecule has 9 heteroatoms. The van der Waals surface area contributed by atoms with Gasteiger partial charge < -0.3 is 29.7 Å². The van der Waals surface area contributed by atoms with Crippen LogP contribution in [0, 0.1) is 0 Å². The van der Waals surface area contributed by atoms with Crippen molar-refractivity contribution in [2.45, 2.75) is 38.2 Å². The third kappa shape index (κ3) is 6.30. The van der Waals surface area contributed by atoms with Crippen LogP contribution in [-0.4, -0.2) is 66.6 Å². The normalized spacial score (nSPS) is 29.4. The fraction of sp³-hybridized carbons (Fsp3) is 0.727. The molecule has 4 atom stereocenters. The van der Waals surface area contributed by atoms with E-state index in [2.05, 4.69) is 5.32 Å². The lowest BCUT2D eigenvalue weighted by atomic mass is 9.93. The highest BCUT2D eigenvalue weighted by Gasteiger charge is 2.40. The fourth-order valence-corrected chi connectivity index (χ4v) is 1.80. The molecule has 0 aliphatic carbocycles. The molecule has 20 heavy (non-hydrogen) atoms. The Morgan fingerprint density at radius 3 is 2.60 bits per heavy atom. The van der Waals surface area contributed by atoms with Gasteiger partial charge in [-0.1, -0.05) is 13.8 Å². The van der Waals surface area contributed by atoms with Gasteiger partial charge >= 0.3 is 0 Å². The van der Waals surface area contributed by atoms with Crippen molar-refractivity contribution in [2.75, 3.05) is 13.7 Å². The molecule has 0 aromatic rings. The molecule has 1 fully saturated rings. The first kappa shape index (κ1) is 19.5. The lowest BCUT2D eigenvalue weighted by Crippen LogP contribution is -2.38. The molecule has 1 heterocycles. The van der Waals surface area contributed by atoms with Crippen LogP contribution in [-0.2, 0) is 14.3 Å². The number of carbonyl (C=O) groups is 1. The van der Waals surface area contributed by atoms with Crippen molar-refractivity contribution < 1.29 is 29.2 Å². The Hall–Kier alpha value is -0.495. The molecule has 1 saturated heterocycles. The monoisotopic (exact) mass is 305 g/mol. The molecule has 0 bridgehead atoms. The molecule has 4 N–H and O–H groups in total. The lowest BCUT2D eigenvalue weighted by molar-refractivity contribution is -0.129. The Labute approximate surface area is 121 Å². The van der Waals surface area contributed by atoms with Gasteiger partial charge in [0.25, 0.3) is 0 Å². The molecule has 114 valence electrons. The zero-order valence-corrected chi connectivity index (χ0v) is 12.7. The topological polar surface area (TPSA) is 108 Å². The third-order valence-corrected chi connectivity index (χ3v) is 2.84. The minimum Gasteiger partial charge on any atom is -0.387 e. The Balaban J connectivity index is 0.00000172. The molecule has 0 saturated carbocycles. The van der Waals surface area contributed by atoms with E-state index in [4.69, 9.17) is 27.1 Å². The molecule has 7 nitrogen and oxygen atoms in total. The largest absolute Gasteiger partial charge is 0.387 e. The van der Waals surface area contributed by atoms with E-state index in [9.17, 15) is 9.90 Å². The zero-order chi connectivity index (χ0) is 15.7. The summed E-state index contributed by atoms with van der Waals surface area (Å²) in [5.74, 6) is 0.763. The van der Waals surface area contributed by atoms with E-state index in [-0.39, 0.29) is 12.5 Å². The predicted molar refractivity (Wildman–Crippen MR) is 76.1 cm³/mol. The van der Waals surface area contributed by atoms with E-state index in [0.717, 1.165) is 5.82 Å². The van der Waals surface area contributed by atoms with Crippen molar-refractivity contribution in [1.82, 2.24) is 5.32 Å². The number of rotatable bonds is 5. The van der Waals surface area contributed by atoms with Gasteiger partial charge in [0.1, 0.15) is 32.8 Å². The summed E-state index contributed by atoms with van der Waals surface area (Å²) in [6.45, 7) is 3.76. The predicted octanol–water partition coefficient (Wildman–Crippen LogP) is -0.792. The number of nitrogens with one attached hydrogen (secondary N) is 1. The molecule has 0 spiro atoms. The van der Waals surface area contributed by atoms with Crippen molar-refractivity contribution >= 4 is 22.1 Å². The van der Waals surface area contributed by atoms with Crippen LogP contribution >= 0.6 is 8.38 Å². The van der Waals surface area contributed by atoms with Gasteiger partial charge in [-0.15, -0.1) is 0 Å². The van der Waals surface area contributed by atoms with Crippen LogP contribution in [0.15, 0.2) is 11.9 Å². The van der Waals surface area contributed by atoms with Crippen molar-refractivity contribution in [2.24, 2.45) is 0 Å². The van der Waals surface area contributed by atoms with Crippen LogP contribution in [0.2, 0.25) is 0 Å². The molecule has 4 unspecified atom stereocenters. The van der Waals surface area contributed by atoms with Crippen LogP contribution in [0.4, 0.5) is 0 Å². The molecule has 0 aromatic carbocycles. The van der Waals surface area contributed by atoms with E-state index in [1.54, 1.807) is 0 Å². The summed E-state index contributed by atoms with van der Waals surface area (Å²) in [6.07, 6.45) is -1.41. The lowest BCUT2D eigenvalue weighted by Gasteiger charge is -2.18. The molecular formula is C11H21BNO6P. The summed E-state index contributed by atoms with van der Waals surface area (Å²) < 4.78 is 10.3. The van der Waals surface area contributed by atoms with Gasteiger partial charge in [-0.2, -0.15) is 0 Å².